The van der Waals surface area contributed by atoms with E-state index in [9.17, 15) is 9.59 Å². The van der Waals surface area contributed by atoms with Gasteiger partial charge in [0.05, 0.1) is 6.54 Å². The number of carboxylic acids is 1. The molecular formula is C20H29N3O3S. The Bertz CT molecular complexity index is 643. The molecule has 2 fully saturated rings. The highest BCUT2D eigenvalue weighted by molar-refractivity contribution is 8.01. The number of likely N-dealkylation sites (N-methyl/N-ethyl adjacent to an activating group) is 1. The van der Waals surface area contributed by atoms with Gasteiger partial charge in [0.15, 0.2) is 0 Å². The summed E-state index contributed by atoms with van der Waals surface area (Å²) in [5.74, 6) is -0.789. The van der Waals surface area contributed by atoms with Gasteiger partial charge >= 0.3 is 12.0 Å². The van der Waals surface area contributed by atoms with Gasteiger partial charge in [-0.05, 0) is 44.4 Å². The Morgan fingerprint density at radius 3 is 2.48 bits per heavy atom. The summed E-state index contributed by atoms with van der Waals surface area (Å²) in [5.41, 5.74) is 0. The Labute approximate surface area is 165 Å². The van der Waals surface area contributed by atoms with Crippen molar-refractivity contribution in [3.8, 4) is 0 Å². The Morgan fingerprint density at radius 1 is 1.26 bits per heavy atom. The quantitative estimate of drug-likeness (QED) is 0.713. The summed E-state index contributed by atoms with van der Waals surface area (Å²) in [5, 5.41) is 12.1. The average molecular weight is 392 g/mol. The van der Waals surface area contributed by atoms with Gasteiger partial charge in [0, 0.05) is 35.3 Å². The van der Waals surface area contributed by atoms with Gasteiger partial charge in [0.2, 0.25) is 0 Å². The lowest BCUT2D eigenvalue weighted by atomic mass is 10.0. The number of carbonyl (C=O) groups is 2. The molecule has 0 radical (unpaired) electrons. The first-order chi connectivity index (χ1) is 13.0. The molecule has 2 N–H and O–H groups in total. The number of likely N-dealkylation sites (tertiary alicyclic amines) is 1. The molecule has 148 valence electrons. The second-order valence-corrected chi connectivity index (χ2v) is 8.97. The number of nitrogens with one attached hydrogen (secondary N) is 1. The maximum absolute atomic E-state index is 12.5. The first-order valence-electron chi connectivity index (χ1n) is 9.74. The smallest absolute Gasteiger partial charge is 0.317 e. The topological polar surface area (TPSA) is 72.9 Å². The van der Waals surface area contributed by atoms with Crippen LogP contribution in [0.25, 0.3) is 0 Å². The van der Waals surface area contributed by atoms with Crippen LogP contribution in [0.5, 0.6) is 0 Å². The van der Waals surface area contributed by atoms with Gasteiger partial charge < -0.3 is 15.3 Å². The fraction of sp³-hybridized carbons (Fsp3) is 0.600. The van der Waals surface area contributed by atoms with Crippen LogP contribution >= 0.6 is 11.8 Å². The molecule has 27 heavy (non-hydrogen) atoms. The predicted molar refractivity (Wildman–Crippen MR) is 107 cm³/mol. The van der Waals surface area contributed by atoms with Gasteiger partial charge in [-0.2, -0.15) is 0 Å². The molecule has 0 unspecified atom stereocenters. The van der Waals surface area contributed by atoms with Gasteiger partial charge in [0.25, 0.3) is 0 Å². The lowest BCUT2D eigenvalue weighted by Gasteiger charge is -2.37. The normalized spacial score (nSPS) is 19.1. The van der Waals surface area contributed by atoms with Crippen molar-refractivity contribution in [1.82, 2.24) is 15.1 Å². The lowest BCUT2D eigenvalue weighted by Crippen LogP contribution is -2.51. The van der Waals surface area contributed by atoms with Crippen LogP contribution < -0.4 is 5.32 Å². The van der Waals surface area contributed by atoms with E-state index in [1.807, 2.05) is 46.7 Å². The molecule has 3 rings (SSSR count). The summed E-state index contributed by atoms with van der Waals surface area (Å²) in [6.45, 7) is 4.86. The Morgan fingerprint density at radius 2 is 1.93 bits per heavy atom. The maximum atomic E-state index is 12.5. The van der Waals surface area contributed by atoms with E-state index in [1.165, 1.54) is 4.90 Å². The van der Waals surface area contributed by atoms with E-state index in [0.29, 0.717) is 19.6 Å². The van der Waals surface area contributed by atoms with Gasteiger partial charge in [-0.1, -0.05) is 25.1 Å². The summed E-state index contributed by atoms with van der Waals surface area (Å²) >= 11 is 1.86. The number of hydrogen-bond donors (Lipinski definition) is 2. The van der Waals surface area contributed by atoms with E-state index in [-0.39, 0.29) is 23.4 Å². The number of amides is 2. The van der Waals surface area contributed by atoms with E-state index in [2.05, 4.69) is 17.4 Å². The number of aliphatic carboxylic acids is 1. The number of thioether (sulfide) groups is 1. The molecule has 6 nitrogen and oxygen atoms in total. The Balaban J connectivity index is 1.43. The van der Waals surface area contributed by atoms with Crippen molar-refractivity contribution in [3.05, 3.63) is 30.3 Å². The zero-order valence-corrected chi connectivity index (χ0v) is 16.7. The molecule has 1 saturated heterocycles. The predicted octanol–water partition coefficient (Wildman–Crippen LogP) is 2.89. The van der Waals surface area contributed by atoms with Crippen molar-refractivity contribution in [3.63, 3.8) is 0 Å². The number of urea groups is 1. The van der Waals surface area contributed by atoms with Crippen LogP contribution in [0.1, 0.15) is 32.6 Å². The number of benzene rings is 1. The molecule has 2 aliphatic rings. The summed E-state index contributed by atoms with van der Waals surface area (Å²) in [6.07, 6.45) is 3.93. The van der Waals surface area contributed by atoms with Crippen molar-refractivity contribution in [1.29, 1.82) is 0 Å². The molecule has 0 spiro atoms. The summed E-state index contributed by atoms with van der Waals surface area (Å²) in [6, 6.07) is 10.6. The second kappa shape index (κ2) is 8.97. The molecule has 1 aromatic rings. The van der Waals surface area contributed by atoms with Crippen LogP contribution in [0.4, 0.5) is 4.79 Å². The van der Waals surface area contributed by atoms with Crippen LogP contribution in [-0.2, 0) is 4.79 Å². The van der Waals surface area contributed by atoms with Crippen LogP contribution in [0.2, 0.25) is 0 Å². The Kier molecular flexibility index (Phi) is 6.65. The second-order valence-electron chi connectivity index (χ2n) is 7.43. The highest BCUT2D eigenvalue weighted by atomic mass is 32.2. The number of rotatable bonds is 8. The zero-order chi connectivity index (χ0) is 19.3. The third-order valence-corrected chi connectivity index (χ3v) is 6.95. The van der Waals surface area contributed by atoms with E-state index in [1.54, 1.807) is 0 Å². The van der Waals surface area contributed by atoms with E-state index in [0.717, 1.165) is 32.2 Å². The van der Waals surface area contributed by atoms with Crippen molar-refractivity contribution in [2.24, 2.45) is 0 Å². The molecule has 0 atom stereocenters. The molecule has 1 aromatic carbocycles. The SMILES string of the molecule is CCN(CC(=O)O)C1CCN(C(=O)NCC2(Sc3ccccc3)CC2)CC1. The van der Waals surface area contributed by atoms with Crippen molar-refractivity contribution in [2.45, 2.75) is 48.3 Å². The number of nitrogens with zero attached hydrogens (tertiary/aromatic N) is 2. The van der Waals surface area contributed by atoms with Crippen molar-refractivity contribution in [2.75, 3.05) is 32.7 Å². The minimum Gasteiger partial charge on any atom is -0.480 e. The summed E-state index contributed by atoms with van der Waals surface area (Å²) < 4.78 is 0.149. The number of hydrogen-bond acceptors (Lipinski definition) is 4. The molecule has 1 aliphatic heterocycles. The van der Waals surface area contributed by atoms with Crippen LogP contribution in [0.3, 0.4) is 0 Å². The molecule has 1 heterocycles. The number of piperidine rings is 1. The van der Waals surface area contributed by atoms with Crippen LogP contribution in [0, 0.1) is 0 Å². The van der Waals surface area contributed by atoms with Crippen molar-refractivity contribution >= 4 is 23.8 Å². The molecule has 2 amide bonds. The highest BCUT2D eigenvalue weighted by Crippen LogP contribution is 2.51. The standard InChI is InChI=1S/C20H29N3O3S/c1-2-22(14-18(24)25)16-8-12-23(13-9-16)19(26)21-15-20(10-11-20)27-17-6-4-3-5-7-17/h3-7,16H,2,8-15H2,1H3,(H,21,26)(H,24,25). The minimum absolute atomic E-state index is 0.00895. The van der Waals surface area contributed by atoms with Gasteiger partial charge in [0.1, 0.15) is 0 Å². The largest absolute Gasteiger partial charge is 0.480 e. The fourth-order valence-electron chi connectivity index (χ4n) is 3.65. The molecule has 1 aliphatic carbocycles. The van der Waals surface area contributed by atoms with Gasteiger partial charge in [-0.25, -0.2) is 4.79 Å². The van der Waals surface area contributed by atoms with E-state index < -0.39 is 5.97 Å². The van der Waals surface area contributed by atoms with E-state index in [4.69, 9.17) is 5.11 Å². The molecule has 0 bridgehead atoms. The van der Waals surface area contributed by atoms with E-state index >= 15 is 0 Å². The first-order valence-corrected chi connectivity index (χ1v) is 10.6. The summed E-state index contributed by atoms with van der Waals surface area (Å²) in [7, 11) is 0. The zero-order valence-electron chi connectivity index (χ0n) is 15.9. The maximum Gasteiger partial charge on any atom is 0.317 e. The third kappa shape index (κ3) is 5.62. The van der Waals surface area contributed by atoms with Gasteiger partial charge in [-0.15, -0.1) is 11.8 Å². The monoisotopic (exact) mass is 391 g/mol. The Hall–Kier alpha value is -1.73. The van der Waals surface area contributed by atoms with Gasteiger partial charge in [-0.3, -0.25) is 9.69 Å². The molecular weight excluding hydrogens is 362 g/mol. The minimum atomic E-state index is -0.789. The van der Waals surface area contributed by atoms with Crippen LogP contribution in [0.15, 0.2) is 35.2 Å². The molecule has 0 aromatic heterocycles. The first kappa shape index (κ1) is 20.0. The van der Waals surface area contributed by atoms with Crippen LogP contribution in [-0.4, -0.2) is 70.4 Å². The lowest BCUT2D eigenvalue weighted by molar-refractivity contribution is -0.139. The number of carboxylic acid groups (broad SMARTS) is 1. The molecule has 1 saturated carbocycles. The molecule has 7 heteroatoms. The third-order valence-electron chi connectivity index (χ3n) is 5.46. The number of carbonyl (C=O) groups excluding carboxylic acids is 1. The van der Waals surface area contributed by atoms with Crippen molar-refractivity contribution < 1.29 is 14.7 Å². The summed E-state index contributed by atoms with van der Waals surface area (Å²) in [4.78, 5) is 28.6. The average Bonchev–Trinajstić information content (AvgIpc) is 3.44. The highest BCUT2D eigenvalue weighted by Gasteiger charge is 2.44. The fourth-order valence-corrected chi connectivity index (χ4v) is 4.89.